The minimum absolute atomic E-state index is 0.124. The summed E-state index contributed by atoms with van der Waals surface area (Å²) >= 11 is 3.33. The third-order valence-corrected chi connectivity index (χ3v) is 4.72. The van der Waals surface area contributed by atoms with Crippen molar-refractivity contribution in [3.63, 3.8) is 0 Å². The standard InChI is InChI=1S/C16H21BrN2O4/c1-3-12(17)15(20)19-13-5-4-10(16(21)22-2)8-14(13)18-9-11-6-7-23-11/h4-5,8,11-12,18H,3,6-7,9H2,1-2H3,(H,19,20)/t11?,12-/m1/s1. The molecule has 7 heteroatoms. The average Bonchev–Trinajstić information content (AvgIpc) is 2.52. The molecule has 23 heavy (non-hydrogen) atoms. The van der Waals surface area contributed by atoms with Gasteiger partial charge in [0.1, 0.15) is 0 Å². The fourth-order valence-corrected chi connectivity index (χ4v) is 2.22. The van der Waals surface area contributed by atoms with Crippen molar-refractivity contribution in [2.24, 2.45) is 0 Å². The lowest BCUT2D eigenvalue weighted by Crippen LogP contribution is -2.33. The maximum Gasteiger partial charge on any atom is 0.337 e. The van der Waals surface area contributed by atoms with Gasteiger partial charge >= 0.3 is 5.97 Å². The van der Waals surface area contributed by atoms with Crippen molar-refractivity contribution in [3.8, 4) is 0 Å². The SMILES string of the molecule is CC[C@@H](Br)C(=O)Nc1ccc(C(=O)OC)cc1NCC1CCO1. The summed E-state index contributed by atoms with van der Waals surface area (Å²) in [5, 5.41) is 6.10. The van der Waals surface area contributed by atoms with Gasteiger partial charge in [-0.05, 0) is 31.0 Å². The molecule has 1 amide bonds. The molecule has 0 spiro atoms. The quantitative estimate of drug-likeness (QED) is 0.558. The number of esters is 1. The summed E-state index contributed by atoms with van der Waals surface area (Å²) in [5.41, 5.74) is 1.72. The fourth-order valence-electron chi connectivity index (χ4n) is 2.11. The van der Waals surface area contributed by atoms with Crippen molar-refractivity contribution in [1.29, 1.82) is 0 Å². The molecular formula is C16H21BrN2O4. The van der Waals surface area contributed by atoms with Crippen LogP contribution in [0.4, 0.5) is 11.4 Å². The number of hydrogen-bond donors (Lipinski definition) is 2. The van der Waals surface area contributed by atoms with Crippen LogP contribution in [0.2, 0.25) is 0 Å². The van der Waals surface area contributed by atoms with Gasteiger partial charge < -0.3 is 20.1 Å². The van der Waals surface area contributed by atoms with Gasteiger partial charge in [-0.15, -0.1) is 0 Å². The fraction of sp³-hybridized carbons (Fsp3) is 0.500. The van der Waals surface area contributed by atoms with E-state index in [0.717, 1.165) is 13.0 Å². The van der Waals surface area contributed by atoms with E-state index in [9.17, 15) is 9.59 Å². The van der Waals surface area contributed by atoms with E-state index >= 15 is 0 Å². The van der Waals surface area contributed by atoms with E-state index < -0.39 is 5.97 Å². The van der Waals surface area contributed by atoms with Gasteiger partial charge in [-0.1, -0.05) is 22.9 Å². The van der Waals surface area contributed by atoms with E-state index in [4.69, 9.17) is 9.47 Å². The molecule has 1 saturated heterocycles. The molecule has 1 heterocycles. The Labute approximate surface area is 144 Å². The number of hydrogen-bond acceptors (Lipinski definition) is 5. The number of halogens is 1. The number of amides is 1. The van der Waals surface area contributed by atoms with Crippen LogP contribution in [0.25, 0.3) is 0 Å². The number of alkyl halides is 1. The molecule has 0 saturated carbocycles. The number of methoxy groups -OCH3 is 1. The van der Waals surface area contributed by atoms with Gasteiger partial charge in [0.25, 0.3) is 0 Å². The van der Waals surface area contributed by atoms with Crippen LogP contribution in [0.5, 0.6) is 0 Å². The number of nitrogens with one attached hydrogen (secondary N) is 2. The molecule has 1 fully saturated rings. The maximum atomic E-state index is 12.1. The summed E-state index contributed by atoms with van der Waals surface area (Å²) in [4.78, 5) is 23.5. The second-order valence-corrected chi connectivity index (χ2v) is 6.38. The zero-order valence-electron chi connectivity index (χ0n) is 13.2. The van der Waals surface area contributed by atoms with Crippen molar-refractivity contribution in [2.45, 2.75) is 30.7 Å². The van der Waals surface area contributed by atoms with Crippen LogP contribution in [-0.4, -0.2) is 43.1 Å². The number of benzene rings is 1. The molecule has 0 aromatic heterocycles. The van der Waals surface area contributed by atoms with Crippen molar-refractivity contribution in [3.05, 3.63) is 23.8 Å². The highest BCUT2D eigenvalue weighted by molar-refractivity contribution is 9.10. The molecule has 0 radical (unpaired) electrons. The minimum Gasteiger partial charge on any atom is -0.465 e. The lowest BCUT2D eigenvalue weighted by atomic mass is 10.1. The summed E-state index contributed by atoms with van der Waals surface area (Å²) in [6.07, 6.45) is 1.86. The highest BCUT2D eigenvalue weighted by Gasteiger charge is 2.20. The second-order valence-electron chi connectivity index (χ2n) is 5.28. The predicted octanol–water partition coefficient (Wildman–Crippen LogP) is 2.79. The number of carbonyl (C=O) groups excluding carboxylic acids is 2. The van der Waals surface area contributed by atoms with Crippen LogP contribution in [0, 0.1) is 0 Å². The minimum atomic E-state index is -0.419. The third kappa shape index (κ3) is 4.68. The summed E-state index contributed by atoms with van der Waals surface area (Å²) in [7, 11) is 1.34. The largest absolute Gasteiger partial charge is 0.465 e. The molecule has 0 bridgehead atoms. The Morgan fingerprint density at radius 1 is 1.43 bits per heavy atom. The van der Waals surface area contributed by atoms with Gasteiger partial charge in [0.2, 0.25) is 5.91 Å². The van der Waals surface area contributed by atoms with Crippen LogP contribution in [0.3, 0.4) is 0 Å². The predicted molar refractivity (Wildman–Crippen MR) is 92.3 cm³/mol. The molecule has 126 valence electrons. The summed E-state index contributed by atoms with van der Waals surface area (Å²) in [6, 6.07) is 5.00. The Bertz CT molecular complexity index is 575. The van der Waals surface area contributed by atoms with Crippen molar-refractivity contribution >= 4 is 39.2 Å². The Hall–Kier alpha value is -1.60. The first-order valence-electron chi connectivity index (χ1n) is 7.58. The van der Waals surface area contributed by atoms with E-state index in [-0.39, 0.29) is 16.8 Å². The maximum absolute atomic E-state index is 12.1. The zero-order chi connectivity index (χ0) is 16.8. The molecule has 2 N–H and O–H groups in total. The van der Waals surface area contributed by atoms with Crippen molar-refractivity contribution in [1.82, 2.24) is 0 Å². The third-order valence-electron chi connectivity index (χ3n) is 3.66. The van der Waals surface area contributed by atoms with E-state index in [1.54, 1.807) is 18.2 Å². The van der Waals surface area contributed by atoms with Crippen LogP contribution < -0.4 is 10.6 Å². The Balaban J connectivity index is 2.16. The van der Waals surface area contributed by atoms with Crippen molar-refractivity contribution in [2.75, 3.05) is 30.9 Å². The van der Waals surface area contributed by atoms with Crippen LogP contribution >= 0.6 is 15.9 Å². The van der Waals surface area contributed by atoms with Crippen molar-refractivity contribution < 1.29 is 19.1 Å². The molecule has 0 aliphatic carbocycles. The molecule has 2 rings (SSSR count). The Kier molecular flexibility index (Phi) is 6.41. The molecule has 1 aromatic rings. The molecule has 6 nitrogen and oxygen atoms in total. The molecule has 2 atom stereocenters. The van der Waals surface area contributed by atoms with Crippen LogP contribution in [0.15, 0.2) is 18.2 Å². The van der Waals surface area contributed by atoms with Gasteiger partial charge in [-0.2, -0.15) is 0 Å². The van der Waals surface area contributed by atoms with Crippen LogP contribution in [-0.2, 0) is 14.3 Å². The van der Waals surface area contributed by atoms with Gasteiger partial charge in [-0.3, -0.25) is 4.79 Å². The summed E-state index contributed by atoms with van der Waals surface area (Å²) in [5.74, 6) is -0.543. The number of anilines is 2. The zero-order valence-corrected chi connectivity index (χ0v) is 14.8. The topological polar surface area (TPSA) is 76.7 Å². The number of ether oxygens (including phenoxy) is 2. The van der Waals surface area contributed by atoms with Gasteiger partial charge in [0.05, 0.1) is 35.0 Å². The summed E-state index contributed by atoms with van der Waals surface area (Å²) in [6.45, 7) is 3.32. The van der Waals surface area contributed by atoms with E-state index in [2.05, 4.69) is 26.6 Å². The first kappa shape index (κ1) is 17.7. The monoisotopic (exact) mass is 384 g/mol. The number of rotatable bonds is 7. The van der Waals surface area contributed by atoms with Gasteiger partial charge in [0, 0.05) is 13.2 Å². The average molecular weight is 385 g/mol. The van der Waals surface area contributed by atoms with E-state index in [0.29, 0.717) is 29.9 Å². The number of carbonyl (C=O) groups is 2. The highest BCUT2D eigenvalue weighted by Crippen LogP contribution is 2.26. The van der Waals surface area contributed by atoms with Gasteiger partial charge in [-0.25, -0.2) is 4.79 Å². The summed E-state index contributed by atoms with van der Waals surface area (Å²) < 4.78 is 10.1. The highest BCUT2D eigenvalue weighted by atomic mass is 79.9. The lowest BCUT2D eigenvalue weighted by Gasteiger charge is -2.27. The van der Waals surface area contributed by atoms with Gasteiger partial charge in [0.15, 0.2) is 0 Å². The van der Waals surface area contributed by atoms with E-state index in [1.807, 2.05) is 6.92 Å². The smallest absolute Gasteiger partial charge is 0.337 e. The second kappa shape index (κ2) is 8.31. The normalized spacial score (nSPS) is 17.8. The molecule has 1 aliphatic rings. The Morgan fingerprint density at radius 3 is 2.74 bits per heavy atom. The molecule has 1 aromatic carbocycles. The first-order valence-corrected chi connectivity index (χ1v) is 8.49. The first-order chi connectivity index (χ1) is 11.0. The van der Waals surface area contributed by atoms with E-state index in [1.165, 1.54) is 7.11 Å². The van der Waals surface area contributed by atoms with Crippen LogP contribution in [0.1, 0.15) is 30.1 Å². The molecule has 1 aliphatic heterocycles. The lowest BCUT2D eigenvalue weighted by molar-refractivity contribution is -0.115. The molecule has 1 unspecified atom stereocenters. The molecular weight excluding hydrogens is 364 g/mol. The Morgan fingerprint density at radius 2 is 2.17 bits per heavy atom.